The number of carbonyl (C=O) groups excluding carboxylic acids is 2. The molecule has 0 amide bonds. The van der Waals surface area contributed by atoms with Crippen molar-refractivity contribution in [1.82, 2.24) is 4.90 Å². The first-order valence-corrected chi connectivity index (χ1v) is 15.0. The first-order valence-electron chi connectivity index (χ1n) is 14.2. The van der Waals surface area contributed by atoms with Crippen LogP contribution in [0.5, 0.6) is 0 Å². The summed E-state index contributed by atoms with van der Waals surface area (Å²) in [6.45, 7) is 3.22. The van der Waals surface area contributed by atoms with Crippen LogP contribution in [0.4, 0.5) is 0 Å². The van der Waals surface area contributed by atoms with Crippen LogP contribution in [0.3, 0.4) is 0 Å². The minimum atomic E-state index is -0.183. The van der Waals surface area contributed by atoms with E-state index in [9.17, 15) is 9.59 Å². The molecule has 0 unspecified atom stereocenters. The van der Waals surface area contributed by atoms with E-state index in [1.807, 2.05) is 12.1 Å². The van der Waals surface area contributed by atoms with Crippen LogP contribution in [0.2, 0.25) is 0 Å². The van der Waals surface area contributed by atoms with Gasteiger partial charge in [-0.25, -0.2) is 0 Å². The molecular formula is C31H42BrNO2. The molecule has 1 aromatic carbocycles. The number of hydrogen-bond donors (Lipinski definition) is 0. The molecule has 4 heteroatoms. The van der Waals surface area contributed by atoms with E-state index in [0.717, 1.165) is 59.8 Å². The Morgan fingerprint density at radius 3 is 1.71 bits per heavy atom. The van der Waals surface area contributed by atoms with Gasteiger partial charge in [-0.1, -0.05) is 92.8 Å². The fourth-order valence-electron chi connectivity index (χ4n) is 6.23. The van der Waals surface area contributed by atoms with Gasteiger partial charge in [0.1, 0.15) is 0 Å². The van der Waals surface area contributed by atoms with Crippen LogP contribution in [-0.4, -0.2) is 23.0 Å². The number of hydrogen-bond acceptors (Lipinski definition) is 3. The second kappa shape index (κ2) is 13.0. The molecule has 0 atom stereocenters. The normalized spacial score (nSPS) is 18.9. The Morgan fingerprint density at radius 1 is 0.714 bits per heavy atom. The molecule has 1 aliphatic heterocycles. The number of halogens is 1. The average Bonchev–Trinajstić information content (AvgIpc) is 2.86. The average molecular weight is 541 g/mol. The van der Waals surface area contributed by atoms with Crippen molar-refractivity contribution >= 4 is 27.5 Å². The Balaban J connectivity index is 1.48. The Morgan fingerprint density at radius 2 is 1.20 bits per heavy atom. The molecule has 190 valence electrons. The number of ketones is 2. The number of benzene rings is 1. The van der Waals surface area contributed by atoms with Gasteiger partial charge in [0.25, 0.3) is 0 Å². The zero-order chi connectivity index (χ0) is 24.6. The van der Waals surface area contributed by atoms with Crippen molar-refractivity contribution in [3.05, 3.63) is 56.8 Å². The molecule has 0 N–H and O–H groups in total. The second-order valence-corrected chi connectivity index (χ2v) is 11.5. The summed E-state index contributed by atoms with van der Waals surface area (Å²) in [7, 11) is 0. The summed E-state index contributed by atoms with van der Waals surface area (Å²) < 4.78 is 1.02. The van der Waals surface area contributed by atoms with Crippen molar-refractivity contribution in [1.29, 1.82) is 0 Å². The van der Waals surface area contributed by atoms with Crippen LogP contribution in [0, 0.1) is 0 Å². The predicted octanol–water partition coefficient (Wildman–Crippen LogP) is 8.78. The summed E-state index contributed by atoms with van der Waals surface area (Å²) >= 11 is 3.54. The fraction of sp³-hybridized carbons (Fsp3) is 0.613. The Labute approximate surface area is 220 Å². The monoisotopic (exact) mass is 539 g/mol. The SMILES string of the molecule is CCCCCCCCCCCCN1C2=C(C(=O)CCC2)C(c2ccc(Br)cc2)C2=C1CCCC2=O. The highest BCUT2D eigenvalue weighted by atomic mass is 79.9. The zero-order valence-corrected chi connectivity index (χ0v) is 23.1. The Hall–Kier alpha value is -1.68. The lowest BCUT2D eigenvalue weighted by Crippen LogP contribution is -2.39. The summed E-state index contributed by atoms with van der Waals surface area (Å²) in [6.07, 6.45) is 18.2. The number of rotatable bonds is 12. The smallest absolute Gasteiger partial charge is 0.161 e. The number of carbonyl (C=O) groups is 2. The minimum Gasteiger partial charge on any atom is -0.348 e. The van der Waals surface area contributed by atoms with Gasteiger partial charge in [-0.2, -0.15) is 0 Å². The summed E-state index contributed by atoms with van der Waals surface area (Å²) in [5, 5.41) is 0. The molecule has 0 radical (unpaired) electrons. The van der Waals surface area contributed by atoms with Crippen LogP contribution in [0.1, 0.15) is 121 Å². The highest BCUT2D eigenvalue weighted by Gasteiger charge is 2.42. The lowest BCUT2D eigenvalue weighted by Gasteiger charge is -2.44. The quantitative estimate of drug-likeness (QED) is 0.249. The lowest BCUT2D eigenvalue weighted by atomic mass is 9.71. The largest absolute Gasteiger partial charge is 0.348 e. The van der Waals surface area contributed by atoms with E-state index in [0.29, 0.717) is 12.8 Å². The van der Waals surface area contributed by atoms with Crippen molar-refractivity contribution < 1.29 is 9.59 Å². The van der Waals surface area contributed by atoms with Crippen molar-refractivity contribution in [2.24, 2.45) is 0 Å². The first-order chi connectivity index (χ1) is 17.1. The number of Topliss-reactive ketones (excluding diaryl/α,β-unsaturated/α-hetero) is 2. The number of nitrogens with zero attached hydrogens (tertiary/aromatic N) is 1. The zero-order valence-electron chi connectivity index (χ0n) is 21.5. The molecule has 0 aromatic heterocycles. The molecule has 1 heterocycles. The highest BCUT2D eigenvalue weighted by Crippen LogP contribution is 2.49. The van der Waals surface area contributed by atoms with Crippen LogP contribution in [0.25, 0.3) is 0 Å². The summed E-state index contributed by atoms with van der Waals surface area (Å²) in [5.74, 6) is 0.312. The van der Waals surface area contributed by atoms with E-state index in [-0.39, 0.29) is 17.5 Å². The lowest BCUT2D eigenvalue weighted by molar-refractivity contribution is -0.117. The van der Waals surface area contributed by atoms with Crippen LogP contribution >= 0.6 is 15.9 Å². The van der Waals surface area contributed by atoms with Gasteiger partial charge in [-0.3, -0.25) is 9.59 Å². The van der Waals surface area contributed by atoms with Gasteiger partial charge in [0.15, 0.2) is 11.6 Å². The third-order valence-corrected chi connectivity index (χ3v) is 8.55. The van der Waals surface area contributed by atoms with Crippen molar-refractivity contribution in [3.8, 4) is 0 Å². The van der Waals surface area contributed by atoms with Crippen LogP contribution < -0.4 is 0 Å². The molecule has 3 nitrogen and oxygen atoms in total. The van der Waals surface area contributed by atoms with Gasteiger partial charge in [-0.15, -0.1) is 0 Å². The van der Waals surface area contributed by atoms with E-state index in [1.165, 1.54) is 69.2 Å². The number of allylic oxidation sites excluding steroid dienone is 4. The van der Waals surface area contributed by atoms with Crippen molar-refractivity contribution in [3.63, 3.8) is 0 Å². The highest BCUT2D eigenvalue weighted by molar-refractivity contribution is 9.10. The van der Waals surface area contributed by atoms with Crippen molar-refractivity contribution in [2.45, 2.75) is 116 Å². The van der Waals surface area contributed by atoms with Crippen molar-refractivity contribution in [2.75, 3.05) is 6.54 Å². The van der Waals surface area contributed by atoms with Gasteiger partial charge < -0.3 is 4.90 Å². The standard InChI is InChI=1S/C31H42BrNO2/c1-2-3-4-5-6-7-8-9-10-11-22-33-25-14-12-16-27(34)30(25)29(23-18-20-24(32)21-19-23)31-26(33)15-13-17-28(31)35/h18-21,29H,2-17,22H2,1H3. The van der Waals surface area contributed by atoms with Gasteiger partial charge in [0.2, 0.25) is 0 Å². The summed E-state index contributed by atoms with van der Waals surface area (Å²) in [5.41, 5.74) is 5.36. The van der Waals surface area contributed by atoms with E-state index < -0.39 is 0 Å². The van der Waals surface area contributed by atoms with E-state index in [1.54, 1.807) is 0 Å². The third-order valence-electron chi connectivity index (χ3n) is 8.03. The molecule has 0 bridgehead atoms. The Kier molecular flexibility index (Phi) is 9.83. The van der Waals surface area contributed by atoms with Gasteiger partial charge in [0, 0.05) is 52.3 Å². The van der Waals surface area contributed by atoms with Gasteiger partial charge in [0.05, 0.1) is 0 Å². The second-order valence-electron chi connectivity index (χ2n) is 10.6. The summed E-state index contributed by atoms with van der Waals surface area (Å²) in [4.78, 5) is 29.1. The molecule has 3 aliphatic rings. The molecule has 1 aromatic rings. The molecule has 0 saturated carbocycles. The van der Waals surface area contributed by atoms with E-state index in [2.05, 4.69) is 39.9 Å². The topological polar surface area (TPSA) is 37.4 Å². The number of unbranched alkanes of at least 4 members (excludes halogenated alkanes) is 9. The van der Waals surface area contributed by atoms with Crippen LogP contribution in [-0.2, 0) is 9.59 Å². The molecule has 0 saturated heterocycles. The molecule has 0 fully saturated rings. The maximum atomic E-state index is 13.3. The first kappa shape index (κ1) is 26.4. The Bertz CT molecular complexity index is 915. The maximum absolute atomic E-state index is 13.3. The summed E-state index contributed by atoms with van der Waals surface area (Å²) in [6, 6.07) is 8.25. The molecule has 4 rings (SSSR count). The fourth-order valence-corrected chi connectivity index (χ4v) is 6.50. The maximum Gasteiger partial charge on any atom is 0.161 e. The molecule has 35 heavy (non-hydrogen) atoms. The minimum absolute atomic E-state index is 0.183. The molecular weight excluding hydrogens is 498 g/mol. The molecule has 2 aliphatic carbocycles. The van der Waals surface area contributed by atoms with E-state index >= 15 is 0 Å². The van der Waals surface area contributed by atoms with E-state index in [4.69, 9.17) is 0 Å². The third kappa shape index (κ3) is 6.37. The predicted molar refractivity (Wildman–Crippen MR) is 147 cm³/mol. The van der Waals surface area contributed by atoms with Gasteiger partial charge in [-0.05, 0) is 49.8 Å². The molecule has 0 spiro atoms. The van der Waals surface area contributed by atoms with Gasteiger partial charge >= 0.3 is 0 Å². The van der Waals surface area contributed by atoms with Crippen LogP contribution in [0.15, 0.2) is 51.3 Å².